The first-order valence-electron chi connectivity index (χ1n) is 8.29. The minimum Gasteiger partial charge on any atom is -0.367 e. The van der Waals surface area contributed by atoms with Crippen LogP contribution >= 0.6 is 0 Å². The van der Waals surface area contributed by atoms with Crippen LogP contribution < -0.4 is 16.2 Å². The first kappa shape index (κ1) is 16.8. The van der Waals surface area contributed by atoms with Crippen molar-refractivity contribution in [3.63, 3.8) is 0 Å². The average molecular weight is 363 g/mol. The van der Waals surface area contributed by atoms with Gasteiger partial charge in [0.25, 0.3) is 11.5 Å². The molecular weight excluding hydrogens is 346 g/mol. The Kier molecular flexibility index (Phi) is 3.89. The minimum atomic E-state index is -0.298. The van der Waals surface area contributed by atoms with Crippen molar-refractivity contribution in [3.05, 3.63) is 82.0 Å². The SMILES string of the molecule is Cc1c(N2NOC(=N)C2=C2C=CC=CC2=O)c(=O)n(-c2ccccc2)n1C. The van der Waals surface area contributed by atoms with E-state index in [2.05, 4.69) is 5.59 Å². The molecule has 2 N–H and O–H groups in total. The Morgan fingerprint density at radius 1 is 1.07 bits per heavy atom. The van der Waals surface area contributed by atoms with E-state index in [0.717, 1.165) is 0 Å². The van der Waals surface area contributed by atoms with Gasteiger partial charge in [0.05, 0.1) is 17.0 Å². The highest BCUT2D eigenvalue weighted by Gasteiger charge is 2.35. The minimum absolute atomic E-state index is 0.201. The van der Waals surface area contributed by atoms with Crippen LogP contribution in [0.1, 0.15) is 5.69 Å². The van der Waals surface area contributed by atoms with Gasteiger partial charge in [0.15, 0.2) is 5.78 Å². The van der Waals surface area contributed by atoms with Gasteiger partial charge in [-0.05, 0) is 31.2 Å². The number of nitrogens with zero attached hydrogens (tertiary/aromatic N) is 3. The molecule has 1 aromatic heterocycles. The van der Waals surface area contributed by atoms with E-state index in [-0.39, 0.29) is 34.2 Å². The number of hydrazine groups is 1. The molecule has 27 heavy (non-hydrogen) atoms. The van der Waals surface area contributed by atoms with E-state index in [1.807, 2.05) is 30.3 Å². The van der Waals surface area contributed by atoms with E-state index in [0.29, 0.717) is 11.4 Å². The first-order valence-corrected chi connectivity index (χ1v) is 8.29. The van der Waals surface area contributed by atoms with E-state index in [9.17, 15) is 9.59 Å². The largest absolute Gasteiger partial charge is 0.367 e. The Labute approximate surface area is 154 Å². The number of para-hydroxylation sites is 1. The van der Waals surface area contributed by atoms with E-state index in [1.54, 1.807) is 36.9 Å². The maximum atomic E-state index is 13.2. The van der Waals surface area contributed by atoms with Crippen molar-refractivity contribution >= 4 is 17.4 Å². The van der Waals surface area contributed by atoms with Crippen LogP contribution in [0.2, 0.25) is 0 Å². The second kappa shape index (κ2) is 6.26. The monoisotopic (exact) mass is 363 g/mol. The molecule has 2 aromatic rings. The molecular formula is C19H17N5O3. The maximum absolute atomic E-state index is 13.2. The summed E-state index contributed by atoms with van der Waals surface area (Å²) < 4.78 is 3.24. The van der Waals surface area contributed by atoms with Gasteiger partial charge >= 0.3 is 0 Å². The molecule has 1 aliphatic heterocycles. The lowest BCUT2D eigenvalue weighted by atomic mass is 10.0. The van der Waals surface area contributed by atoms with Crippen LogP contribution in [0.5, 0.6) is 0 Å². The summed E-state index contributed by atoms with van der Waals surface area (Å²) in [5.74, 6) is -0.487. The molecule has 1 aromatic carbocycles. The van der Waals surface area contributed by atoms with Crippen molar-refractivity contribution in [1.29, 1.82) is 5.41 Å². The molecule has 0 amide bonds. The van der Waals surface area contributed by atoms with E-state index >= 15 is 0 Å². The average Bonchev–Trinajstić information content (AvgIpc) is 3.13. The van der Waals surface area contributed by atoms with Crippen LogP contribution in [0.3, 0.4) is 0 Å². The molecule has 0 bridgehead atoms. The summed E-state index contributed by atoms with van der Waals surface area (Å²) in [6, 6.07) is 9.24. The Hall–Kier alpha value is -3.65. The third-order valence-electron chi connectivity index (χ3n) is 4.57. The first-order chi connectivity index (χ1) is 13.0. The van der Waals surface area contributed by atoms with Crippen molar-refractivity contribution in [2.45, 2.75) is 6.92 Å². The second-order valence-electron chi connectivity index (χ2n) is 6.11. The molecule has 8 nitrogen and oxygen atoms in total. The van der Waals surface area contributed by atoms with Crippen molar-refractivity contribution in [3.8, 4) is 5.69 Å². The van der Waals surface area contributed by atoms with Gasteiger partial charge in [-0.25, -0.2) is 9.69 Å². The van der Waals surface area contributed by atoms with Crippen molar-refractivity contribution in [2.75, 3.05) is 5.01 Å². The highest BCUT2D eigenvalue weighted by Crippen LogP contribution is 2.27. The number of aromatic nitrogens is 2. The van der Waals surface area contributed by atoms with Crippen molar-refractivity contribution in [2.24, 2.45) is 7.05 Å². The number of carbonyl (C=O) groups excluding carboxylic acids is 1. The molecule has 2 heterocycles. The number of carbonyl (C=O) groups is 1. The Morgan fingerprint density at radius 3 is 2.48 bits per heavy atom. The van der Waals surface area contributed by atoms with Gasteiger partial charge in [-0.3, -0.25) is 19.7 Å². The fourth-order valence-electron chi connectivity index (χ4n) is 3.16. The molecule has 0 spiro atoms. The summed E-state index contributed by atoms with van der Waals surface area (Å²) in [5, 5.41) is 9.42. The van der Waals surface area contributed by atoms with Crippen LogP contribution in [0.15, 0.2) is 70.7 Å². The third-order valence-corrected chi connectivity index (χ3v) is 4.57. The Bertz CT molecular complexity index is 1100. The van der Waals surface area contributed by atoms with E-state index < -0.39 is 0 Å². The lowest BCUT2D eigenvalue weighted by Gasteiger charge is -2.16. The molecule has 4 rings (SSSR count). The third kappa shape index (κ3) is 2.54. The zero-order valence-corrected chi connectivity index (χ0v) is 14.8. The fourth-order valence-corrected chi connectivity index (χ4v) is 3.16. The predicted molar refractivity (Wildman–Crippen MR) is 100 cm³/mol. The normalized spacial score (nSPS) is 19.1. The number of ketones is 1. The number of anilines is 1. The standard InChI is InChI=1S/C19H17N5O3/c1-12-16(19(26)24(22(12)2)13-8-4-3-5-9-13)23-17(18(20)27-21-23)14-10-6-7-11-15(14)25/h3-11,20-21H,1-2H3. The van der Waals surface area contributed by atoms with Gasteiger partial charge in [-0.2, -0.15) is 0 Å². The van der Waals surface area contributed by atoms with Crippen LogP contribution in [-0.4, -0.2) is 21.0 Å². The Morgan fingerprint density at radius 2 is 1.78 bits per heavy atom. The number of benzene rings is 1. The molecule has 0 unspecified atom stereocenters. The molecule has 0 saturated carbocycles. The predicted octanol–water partition coefficient (Wildman–Crippen LogP) is 1.67. The molecule has 1 fully saturated rings. The number of allylic oxidation sites excluding steroid dienone is 5. The highest BCUT2D eigenvalue weighted by atomic mass is 16.7. The van der Waals surface area contributed by atoms with Crippen LogP contribution in [0, 0.1) is 12.3 Å². The van der Waals surface area contributed by atoms with Crippen LogP contribution in [-0.2, 0) is 16.7 Å². The van der Waals surface area contributed by atoms with Gasteiger partial charge in [-0.1, -0.05) is 35.9 Å². The van der Waals surface area contributed by atoms with Crippen molar-refractivity contribution < 1.29 is 9.63 Å². The van der Waals surface area contributed by atoms with E-state index in [4.69, 9.17) is 10.2 Å². The summed E-state index contributed by atoms with van der Waals surface area (Å²) in [6.07, 6.45) is 6.34. The number of rotatable bonds is 2. The number of hydrogen-bond acceptors (Lipinski definition) is 6. The van der Waals surface area contributed by atoms with E-state index in [1.165, 1.54) is 15.8 Å². The van der Waals surface area contributed by atoms with Crippen LogP contribution in [0.4, 0.5) is 5.69 Å². The topological polar surface area (TPSA) is 92.4 Å². The molecule has 136 valence electrons. The zero-order chi connectivity index (χ0) is 19.1. The van der Waals surface area contributed by atoms with Gasteiger partial charge in [0.1, 0.15) is 11.4 Å². The number of nitrogens with one attached hydrogen (secondary N) is 2. The summed E-state index contributed by atoms with van der Waals surface area (Å²) in [7, 11) is 1.77. The molecule has 0 atom stereocenters. The summed E-state index contributed by atoms with van der Waals surface area (Å²) >= 11 is 0. The molecule has 0 radical (unpaired) electrons. The van der Waals surface area contributed by atoms with Crippen LogP contribution in [0.25, 0.3) is 5.69 Å². The number of hydrogen-bond donors (Lipinski definition) is 2. The fraction of sp³-hybridized carbons (Fsp3) is 0.105. The lowest BCUT2D eigenvalue weighted by molar-refractivity contribution is -0.111. The smallest absolute Gasteiger partial charge is 0.297 e. The van der Waals surface area contributed by atoms with Gasteiger partial charge in [0, 0.05) is 7.05 Å². The highest BCUT2D eigenvalue weighted by molar-refractivity contribution is 6.14. The quantitative estimate of drug-likeness (QED) is 0.792. The van der Waals surface area contributed by atoms with Gasteiger partial charge in [-0.15, -0.1) is 0 Å². The molecule has 8 heteroatoms. The molecule has 2 aliphatic rings. The maximum Gasteiger partial charge on any atom is 0.297 e. The van der Waals surface area contributed by atoms with Gasteiger partial charge in [0.2, 0.25) is 0 Å². The summed E-state index contributed by atoms with van der Waals surface area (Å²) in [6.45, 7) is 1.79. The Balaban J connectivity index is 1.92. The summed E-state index contributed by atoms with van der Waals surface area (Å²) in [4.78, 5) is 30.6. The lowest BCUT2D eigenvalue weighted by Crippen LogP contribution is -2.34. The summed E-state index contributed by atoms with van der Waals surface area (Å²) in [5.41, 5.74) is 4.40. The zero-order valence-electron chi connectivity index (χ0n) is 14.8. The second-order valence-corrected chi connectivity index (χ2v) is 6.11. The van der Waals surface area contributed by atoms with Gasteiger partial charge < -0.3 is 4.84 Å². The molecule has 1 saturated heterocycles. The molecule has 1 aliphatic carbocycles. The van der Waals surface area contributed by atoms with Crippen molar-refractivity contribution in [1.82, 2.24) is 15.0 Å².